The molecule has 0 heterocycles. The minimum absolute atomic E-state index is 0.00564. The Kier molecular flexibility index (Phi) is 8.42. The molecule has 1 aromatic carbocycles. The number of allylic oxidation sites excluding steroid dienone is 5. The Hall–Kier alpha value is -2.42. The summed E-state index contributed by atoms with van der Waals surface area (Å²) in [7, 11) is 0. The van der Waals surface area contributed by atoms with E-state index >= 15 is 0 Å². The Morgan fingerprint density at radius 1 is 1.19 bits per heavy atom. The Morgan fingerprint density at radius 3 is 2.41 bits per heavy atom. The van der Waals surface area contributed by atoms with Crippen LogP contribution in [0.25, 0.3) is 0 Å². The van der Waals surface area contributed by atoms with E-state index in [1.807, 2.05) is 13.8 Å². The van der Waals surface area contributed by atoms with Gasteiger partial charge in [0.05, 0.1) is 5.56 Å². The number of hydrogen-bond donors (Lipinski definition) is 1. The fourth-order valence-corrected chi connectivity index (χ4v) is 3.06. The lowest BCUT2D eigenvalue weighted by Gasteiger charge is -2.24. The molecule has 1 N–H and O–H groups in total. The quantitative estimate of drug-likeness (QED) is 0.307. The average molecular weight is 369 g/mol. The number of carbonyl (C=O) groups is 2. The van der Waals surface area contributed by atoms with Crippen molar-refractivity contribution in [2.75, 3.05) is 0 Å². The zero-order valence-corrected chi connectivity index (χ0v) is 17.3. The second kappa shape index (κ2) is 10.1. The molecule has 0 unspecified atom stereocenters. The van der Waals surface area contributed by atoms with Gasteiger partial charge in [0, 0.05) is 12.8 Å². The second-order valence-corrected chi connectivity index (χ2v) is 7.88. The van der Waals surface area contributed by atoms with Crippen LogP contribution in [-0.4, -0.2) is 16.7 Å². The van der Waals surface area contributed by atoms with Crippen LogP contribution in [0.1, 0.15) is 69.3 Å². The van der Waals surface area contributed by atoms with Crippen molar-refractivity contribution in [3.8, 4) is 5.75 Å². The molecular weight excluding hydrogens is 336 g/mol. The van der Waals surface area contributed by atoms with Crippen molar-refractivity contribution in [3.63, 3.8) is 0 Å². The van der Waals surface area contributed by atoms with Crippen molar-refractivity contribution in [1.29, 1.82) is 0 Å². The molecule has 1 atom stereocenters. The fraction of sp³-hybridized carbons (Fsp3) is 0.417. The maximum atomic E-state index is 12.7. The van der Waals surface area contributed by atoms with E-state index in [9.17, 15) is 14.7 Å². The number of carbonyl (C=O) groups excluding carboxylic acids is 2. The third-order valence-electron chi connectivity index (χ3n) is 4.66. The van der Waals surface area contributed by atoms with E-state index in [-0.39, 0.29) is 30.2 Å². The summed E-state index contributed by atoms with van der Waals surface area (Å²) in [5.41, 5.74) is 2.71. The predicted octanol–water partition coefficient (Wildman–Crippen LogP) is 6.12. The van der Waals surface area contributed by atoms with E-state index in [1.54, 1.807) is 31.2 Å². The molecule has 1 rings (SSSR count). The number of phenols is 1. The monoisotopic (exact) mass is 368 g/mol. The average Bonchev–Trinajstić information content (AvgIpc) is 2.53. The predicted molar refractivity (Wildman–Crippen MR) is 112 cm³/mol. The number of ketones is 2. The van der Waals surface area contributed by atoms with Crippen LogP contribution in [0.15, 0.2) is 54.2 Å². The van der Waals surface area contributed by atoms with Gasteiger partial charge in [-0.3, -0.25) is 9.59 Å². The van der Waals surface area contributed by atoms with Gasteiger partial charge in [0.15, 0.2) is 11.6 Å². The van der Waals surface area contributed by atoms with Crippen molar-refractivity contribution >= 4 is 11.6 Å². The smallest absolute Gasteiger partial charge is 0.167 e. The van der Waals surface area contributed by atoms with Gasteiger partial charge in [-0.15, -0.1) is 6.58 Å². The van der Waals surface area contributed by atoms with Gasteiger partial charge < -0.3 is 5.11 Å². The summed E-state index contributed by atoms with van der Waals surface area (Å²) in [6.45, 7) is 13.6. The van der Waals surface area contributed by atoms with Crippen molar-refractivity contribution in [2.24, 2.45) is 5.41 Å². The molecule has 0 aromatic heterocycles. The van der Waals surface area contributed by atoms with Gasteiger partial charge in [-0.05, 0) is 63.7 Å². The maximum absolute atomic E-state index is 12.7. The standard InChI is InChI=1S/C24H32O3/c1-7-24(6,15-20(25)14-18(4)11-8-10-17(2)3)16-22(27)23-19(5)12-9-13-21(23)26/h7,9-10,12-14,26H,1,8,11,15-16H2,2-6H3/b18-14+/t24-/m1/s1. The first-order valence-corrected chi connectivity index (χ1v) is 9.36. The normalized spacial score (nSPS) is 13.6. The van der Waals surface area contributed by atoms with Crippen molar-refractivity contribution in [1.82, 2.24) is 0 Å². The molecule has 0 fully saturated rings. The summed E-state index contributed by atoms with van der Waals surface area (Å²) in [4.78, 5) is 25.2. The minimum atomic E-state index is -0.653. The molecule has 0 aliphatic heterocycles. The number of aromatic hydroxyl groups is 1. The van der Waals surface area contributed by atoms with E-state index in [0.717, 1.165) is 24.0 Å². The molecule has 0 aliphatic rings. The second-order valence-electron chi connectivity index (χ2n) is 7.88. The summed E-state index contributed by atoms with van der Waals surface area (Å²) >= 11 is 0. The summed E-state index contributed by atoms with van der Waals surface area (Å²) in [5, 5.41) is 10.0. The minimum Gasteiger partial charge on any atom is -0.507 e. The topological polar surface area (TPSA) is 54.4 Å². The highest BCUT2D eigenvalue weighted by Crippen LogP contribution is 2.32. The Morgan fingerprint density at radius 2 is 1.85 bits per heavy atom. The first-order chi connectivity index (χ1) is 12.6. The van der Waals surface area contributed by atoms with Gasteiger partial charge in [-0.1, -0.05) is 42.4 Å². The molecule has 0 aliphatic carbocycles. The first-order valence-electron chi connectivity index (χ1n) is 9.36. The number of Topliss-reactive ketones (excluding diaryl/α,β-unsaturated/α-hetero) is 1. The first kappa shape index (κ1) is 22.6. The fourth-order valence-electron chi connectivity index (χ4n) is 3.06. The molecule has 3 heteroatoms. The van der Waals surface area contributed by atoms with Crippen LogP contribution in [-0.2, 0) is 4.79 Å². The van der Waals surface area contributed by atoms with E-state index in [1.165, 1.54) is 11.6 Å². The van der Waals surface area contributed by atoms with Gasteiger partial charge in [0.2, 0.25) is 0 Å². The lowest BCUT2D eigenvalue weighted by molar-refractivity contribution is -0.116. The summed E-state index contributed by atoms with van der Waals surface area (Å²) in [6.07, 6.45) is 7.61. The molecule has 0 saturated heterocycles. The van der Waals surface area contributed by atoms with Crippen molar-refractivity contribution in [3.05, 3.63) is 65.3 Å². The molecule has 1 aromatic rings. The molecule has 0 bridgehead atoms. The highest BCUT2D eigenvalue weighted by molar-refractivity contribution is 6.01. The lowest BCUT2D eigenvalue weighted by Crippen LogP contribution is -2.22. The number of phenolic OH excluding ortho intramolecular Hbond substituents is 1. The largest absolute Gasteiger partial charge is 0.507 e. The Balaban J connectivity index is 2.83. The highest BCUT2D eigenvalue weighted by atomic mass is 16.3. The van der Waals surface area contributed by atoms with Crippen LogP contribution in [0.5, 0.6) is 5.75 Å². The van der Waals surface area contributed by atoms with Crippen molar-refractivity contribution in [2.45, 2.75) is 60.3 Å². The van der Waals surface area contributed by atoms with Crippen LogP contribution in [0.4, 0.5) is 0 Å². The molecule has 0 saturated carbocycles. The van der Waals surface area contributed by atoms with Gasteiger partial charge in [0.1, 0.15) is 5.75 Å². The highest BCUT2D eigenvalue weighted by Gasteiger charge is 2.28. The summed E-state index contributed by atoms with van der Waals surface area (Å²) < 4.78 is 0. The summed E-state index contributed by atoms with van der Waals surface area (Å²) in [5.74, 6) is -0.202. The van der Waals surface area contributed by atoms with Gasteiger partial charge in [0.25, 0.3) is 0 Å². The van der Waals surface area contributed by atoms with Gasteiger partial charge in [-0.2, -0.15) is 0 Å². The number of rotatable bonds is 10. The van der Waals surface area contributed by atoms with E-state index in [0.29, 0.717) is 5.56 Å². The van der Waals surface area contributed by atoms with E-state index in [2.05, 4.69) is 26.5 Å². The molecule has 0 amide bonds. The summed E-state index contributed by atoms with van der Waals surface area (Å²) in [6, 6.07) is 5.01. The van der Waals surface area contributed by atoms with E-state index < -0.39 is 5.41 Å². The van der Waals surface area contributed by atoms with Gasteiger partial charge >= 0.3 is 0 Å². The lowest BCUT2D eigenvalue weighted by atomic mass is 9.78. The van der Waals surface area contributed by atoms with Crippen LogP contribution in [0.2, 0.25) is 0 Å². The third kappa shape index (κ3) is 7.38. The van der Waals surface area contributed by atoms with E-state index in [4.69, 9.17) is 0 Å². The number of benzene rings is 1. The molecule has 146 valence electrons. The zero-order chi connectivity index (χ0) is 20.6. The zero-order valence-electron chi connectivity index (χ0n) is 17.3. The molecular formula is C24H32O3. The van der Waals surface area contributed by atoms with Crippen LogP contribution in [0, 0.1) is 12.3 Å². The molecule has 3 nitrogen and oxygen atoms in total. The molecule has 0 radical (unpaired) electrons. The van der Waals surface area contributed by atoms with Crippen molar-refractivity contribution < 1.29 is 14.7 Å². The Labute approximate surface area is 163 Å². The van der Waals surface area contributed by atoms with Gasteiger partial charge in [-0.25, -0.2) is 0 Å². The Bertz CT molecular complexity index is 744. The van der Waals surface area contributed by atoms with Crippen LogP contribution in [0.3, 0.4) is 0 Å². The SMILES string of the molecule is C=C[C@](C)(CC(=O)/C=C(\C)CCC=C(C)C)CC(=O)c1c(C)cccc1O. The third-order valence-corrected chi connectivity index (χ3v) is 4.66. The number of hydrogen-bond acceptors (Lipinski definition) is 3. The van der Waals surface area contributed by atoms with Crippen LogP contribution < -0.4 is 0 Å². The maximum Gasteiger partial charge on any atom is 0.167 e. The molecule has 27 heavy (non-hydrogen) atoms. The van der Waals surface area contributed by atoms with Crippen LogP contribution >= 0.6 is 0 Å². The molecule has 0 spiro atoms. The number of aryl methyl sites for hydroxylation is 1.